The lowest BCUT2D eigenvalue weighted by Gasteiger charge is -2.31. The van der Waals surface area contributed by atoms with Gasteiger partial charge in [0, 0.05) is 22.3 Å². The van der Waals surface area contributed by atoms with Crippen molar-refractivity contribution in [3.8, 4) is 5.75 Å². The molecule has 11 heteroatoms. The number of hydrogen-bond acceptors (Lipinski definition) is 7. The van der Waals surface area contributed by atoms with Gasteiger partial charge in [0.05, 0.1) is 23.8 Å². The van der Waals surface area contributed by atoms with Gasteiger partial charge in [0.25, 0.3) is 0 Å². The predicted molar refractivity (Wildman–Crippen MR) is 122 cm³/mol. The van der Waals surface area contributed by atoms with Crippen molar-refractivity contribution in [2.24, 2.45) is 5.73 Å². The topological polar surface area (TPSA) is 114 Å². The van der Waals surface area contributed by atoms with E-state index in [1.165, 1.54) is 24.3 Å². The maximum Gasteiger partial charge on any atom is 0.434 e. The van der Waals surface area contributed by atoms with Gasteiger partial charge in [-0.25, -0.2) is 18.7 Å². The molecule has 0 radical (unpaired) electrons. The van der Waals surface area contributed by atoms with Gasteiger partial charge >= 0.3 is 5.76 Å². The van der Waals surface area contributed by atoms with Crippen LogP contribution in [0.4, 0.5) is 8.78 Å². The number of nitrogens with two attached hydrogens (primary N) is 1. The summed E-state index contributed by atoms with van der Waals surface area (Å²) in [5.74, 6) is -1.57. The fourth-order valence-electron chi connectivity index (χ4n) is 3.68. The third-order valence-corrected chi connectivity index (χ3v) is 6.35. The van der Waals surface area contributed by atoms with Crippen LogP contribution < -0.4 is 16.2 Å². The first kappa shape index (κ1) is 25.2. The minimum Gasteiger partial charge on any atom is -0.492 e. The lowest BCUT2D eigenvalue weighted by molar-refractivity contribution is 0.00973. The maximum atomic E-state index is 13.9. The molecule has 0 saturated carbocycles. The van der Waals surface area contributed by atoms with Crippen LogP contribution in [0.3, 0.4) is 0 Å². The molecule has 0 bridgehead atoms. The Labute approximate surface area is 199 Å². The third-order valence-electron chi connectivity index (χ3n) is 5.59. The van der Waals surface area contributed by atoms with Gasteiger partial charge in [-0.1, -0.05) is 18.5 Å². The average molecular weight is 500 g/mol. The van der Waals surface area contributed by atoms with E-state index in [2.05, 4.69) is 22.8 Å². The summed E-state index contributed by atoms with van der Waals surface area (Å²) in [6, 6.07) is 4.85. The van der Waals surface area contributed by atoms with E-state index in [1.807, 2.05) is 0 Å². The maximum absolute atomic E-state index is 13.9. The van der Waals surface area contributed by atoms with Gasteiger partial charge < -0.3 is 20.0 Å². The number of rotatable bonds is 3. The molecule has 178 valence electrons. The molecule has 3 atom stereocenters. The first-order valence-corrected chi connectivity index (χ1v) is 10.9. The highest BCUT2D eigenvalue weighted by Gasteiger charge is 2.35. The molecule has 3 aromatic rings. The Morgan fingerprint density at radius 1 is 1.30 bits per heavy atom. The number of ether oxygens (including phenoxy) is 1. The van der Waals surface area contributed by atoms with Crippen LogP contribution in [0.2, 0.25) is 5.02 Å². The molecule has 4 rings (SSSR count). The summed E-state index contributed by atoms with van der Waals surface area (Å²) in [7, 11) is 0. The summed E-state index contributed by atoms with van der Waals surface area (Å²) in [4.78, 5) is 11.5. The number of fused-ring (bicyclic) bond motifs is 1. The zero-order valence-electron chi connectivity index (χ0n) is 18.2. The van der Waals surface area contributed by atoms with Crippen LogP contribution in [0.1, 0.15) is 54.8 Å². The molecule has 33 heavy (non-hydrogen) atoms. The minimum absolute atomic E-state index is 0.0382. The zero-order chi connectivity index (χ0) is 24.5. The number of nitrogens with zero attached hydrogens (tertiary/aromatic N) is 1. The molecule has 4 N–H and O–H groups in total. The van der Waals surface area contributed by atoms with Crippen molar-refractivity contribution >= 4 is 24.2 Å². The average Bonchev–Trinajstić information content (AvgIpc) is 3.19. The second-order valence-corrected chi connectivity index (χ2v) is 8.87. The molecule has 0 amide bonds. The molecule has 7 nitrogen and oxygen atoms in total. The molecular weight excluding hydrogens is 476 g/mol. The minimum atomic E-state index is -1.16. The second kappa shape index (κ2) is 9.84. The molecule has 2 aromatic carbocycles. The van der Waals surface area contributed by atoms with Crippen LogP contribution in [-0.4, -0.2) is 21.9 Å². The molecule has 0 saturated heterocycles. The van der Waals surface area contributed by atoms with Gasteiger partial charge in [0.15, 0.2) is 0 Å². The van der Waals surface area contributed by atoms with Crippen molar-refractivity contribution < 1.29 is 23.0 Å². The van der Waals surface area contributed by atoms with Crippen molar-refractivity contribution in [2.75, 3.05) is 6.61 Å². The van der Waals surface area contributed by atoms with Gasteiger partial charge in [0.1, 0.15) is 17.4 Å². The van der Waals surface area contributed by atoms with E-state index in [1.54, 1.807) is 20.8 Å². The zero-order valence-corrected chi connectivity index (χ0v) is 19.8. The van der Waals surface area contributed by atoms with E-state index in [4.69, 9.17) is 26.5 Å². The van der Waals surface area contributed by atoms with Crippen molar-refractivity contribution in [1.29, 1.82) is 0 Å². The number of H-pyrrole nitrogens is 1. The molecule has 3 unspecified atom stereocenters. The highest BCUT2D eigenvalue weighted by molar-refractivity contribution is 7.80. The van der Waals surface area contributed by atoms with Gasteiger partial charge in [-0.05, 0) is 49.2 Å². The largest absolute Gasteiger partial charge is 0.492 e. The number of aliphatic hydroxyl groups is 1. The van der Waals surface area contributed by atoms with Crippen molar-refractivity contribution in [1.82, 2.24) is 10.2 Å². The van der Waals surface area contributed by atoms with Crippen LogP contribution in [0, 0.1) is 18.6 Å². The highest BCUT2D eigenvalue weighted by Crippen LogP contribution is 2.41. The predicted octanol–water partition coefficient (Wildman–Crippen LogP) is 4.37. The third kappa shape index (κ3) is 5.24. The Kier molecular flexibility index (Phi) is 7.52. The lowest BCUT2D eigenvalue weighted by atomic mass is 9.90. The first-order chi connectivity index (χ1) is 15.4. The molecule has 2 heterocycles. The molecule has 0 aliphatic carbocycles. The number of halogens is 3. The SMILES string of the molecule is CC1(O)CCOc2c(S)ccc(F)c21.Cc1c(Cl)ccc(F)c1C(C)C(N)c1n[nH]c(=O)o1. The summed E-state index contributed by atoms with van der Waals surface area (Å²) in [5.41, 5.74) is 6.02. The monoisotopic (exact) mass is 499 g/mol. The molecule has 1 aliphatic rings. The van der Waals surface area contributed by atoms with Gasteiger partial charge in [0.2, 0.25) is 5.89 Å². The molecular formula is C22H24ClF2N3O4S. The quantitative estimate of drug-likeness (QED) is 0.398. The van der Waals surface area contributed by atoms with Crippen LogP contribution in [0.25, 0.3) is 0 Å². The van der Waals surface area contributed by atoms with Gasteiger partial charge in [-0.3, -0.25) is 0 Å². The Morgan fingerprint density at radius 3 is 2.58 bits per heavy atom. The standard InChI is InChI=1S/C12H13ClFN3O2.C10H11FO2S/c1-5-7(13)3-4-8(14)9(5)6(2)10(15)11-16-17-12(18)19-11;1-10(12)4-5-13-9-7(14)3-2-6(11)8(9)10/h3-4,6,10H,15H2,1-2H3,(H,17,18);2-3,12,14H,4-5H2,1H3. The Hall–Kier alpha value is -2.40. The fraction of sp³-hybridized carbons (Fsp3) is 0.364. The summed E-state index contributed by atoms with van der Waals surface area (Å²) in [6.45, 7) is 5.41. The Morgan fingerprint density at radius 2 is 1.97 bits per heavy atom. The van der Waals surface area contributed by atoms with Crippen LogP contribution in [0.5, 0.6) is 5.75 Å². The number of thiol groups is 1. The molecule has 0 spiro atoms. The number of aromatic nitrogens is 2. The Balaban J connectivity index is 0.000000194. The summed E-state index contributed by atoms with van der Waals surface area (Å²) >= 11 is 10.1. The van der Waals surface area contributed by atoms with E-state index in [0.29, 0.717) is 39.8 Å². The van der Waals surface area contributed by atoms with E-state index < -0.39 is 35.0 Å². The summed E-state index contributed by atoms with van der Waals surface area (Å²) < 4.78 is 37.5. The van der Waals surface area contributed by atoms with E-state index in [9.17, 15) is 18.7 Å². The second-order valence-electron chi connectivity index (χ2n) is 7.98. The normalized spacial score (nSPS) is 19.1. The van der Waals surface area contributed by atoms with Crippen LogP contribution >= 0.6 is 24.2 Å². The number of nitrogens with one attached hydrogen (secondary N) is 1. The van der Waals surface area contributed by atoms with Crippen LogP contribution in [-0.2, 0) is 5.60 Å². The molecule has 1 aromatic heterocycles. The lowest BCUT2D eigenvalue weighted by Crippen LogP contribution is -2.30. The summed E-state index contributed by atoms with van der Waals surface area (Å²) in [6.07, 6.45) is 0.397. The smallest absolute Gasteiger partial charge is 0.434 e. The Bertz CT molecular complexity index is 1210. The van der Waals surface area contributed by atoms with Crippen LogP contribution in [0.15, 0.2) is 38.4 Å². The fourth-order valence-corrected chi connectivity index (χ4v) is 4.09. The highest BCUT2D eigenvalue weighted by atomic mass is 35.5. The number of benzene rings is 2. The van der Waals surface area contributed by atoms with Gasteiger partial charge in [-0.2, -0.15) is 0 Å². The molecule has 0 fully saturated rings. The van der Waals surface area contributed by atoms with E-state index in [-0.39, 0.29) is 11.5 Å². The van der Waals surface area contributed by atoms with E-state index in [0.717, 1.165) is 0 Å². The molecule has 1 aliphatic heterocycles. The number of hydrogen-bond donors (Lipinski definition) is 4. The van der Waals surface area contributed by atoms with Gasteiger partial charge in [-0.15, -0.1) is 17.7 Å². The number of aromatic amines is 1. The summed E-state index contributed by atoms with van der Waals surface area (Å²) in [5, 5.41) is 16.2. The first-order valence-electron chi connectivity index (χ1n) is 10.1. The van der Waals surface area contributed by atoms with Crippen molar-refractivity contribution in [3.05, 3.63) is 74.1 Å². The van der Waals surface area contributed by atoms with E-state index >= 15 is 0 Å². The van der Waals surface area contributed by atoms with Crippen molar-refractivity contribution in [2.45, 2.75) is 49.6 Å². The van der Waals surface area contributed by atoms with Crippen molar-refractivity contribution in [3.63, 3.8) is 0 Å².